The van der Waals surface area contributed by atoms with Crippen LogP contribution in [0.3, 0.4) is 0 Å². The summed E-state index contributed by atoms with van der Waals surface area (Å²) in [7, 11) is 1.76. The maximum Gasteiger partial charge on any atom is 0.188 e. The number of aromatic nitrogens is 4. The molecule has 0 spiro atoms. The van der Waals surface area contributed by atoms with Crippen molar-refractivity contribution in [3.8, 4) is 0 Å². The molecule has 0 aliphatic carbocycles. The fraction of sp³-hybridized carbons (Fsp3) is 0.889. The highest BCUT2D eigenvalue weighted by Gasteiger charge is 2.25. The molecule has 0 N–H and O–H groups in total. The zero-order valence-electron chi connectivity index (χ0n) is 9.51. The average Bonchev–Trinajstić information content (AvgIpc) is 2.63. The van der Waals surface area contributed by atoms with Crippen LogP contribution in [-0.4, -0.2) is 56.3 Å². The highest BCUT2D eigenvalue weighted by Crippen LogP contribution is 2.13. The lowest BCUT2D eigenvalue weighted by Gasteiger charge is -2.35. The topological polar surface area (TPSA) is 56.1 Å². The van der Waals surface area contributed by atoms with E-state index in [1.54, 1.807) is 7.05 Å². The Morgan fingerprint density at radius 2 is 2.31 bits per heavy atom. The van der Waals surface area contributed by atoms with Crippen LogP contribution in [0.4, 0.5) is 0 Å². The molecular formula is C9H16ClN5O. The lowest BCUT2D eigenvalue weighted by Crippen LogP contribution is -2.46. The molecule has 1 aromatic rings. The molecule has 7 heteroatoms. The summed E-state index contributed by atoms with van der Waals surface area (Å²) in [5.74, 6) is 1.26. The minimum absolute atomic E-state index is 0.0992. The van der Waals surface area contributed by atoms with Gasteiger partial charge in [-0.05, 0) is 12.1 Å². The lowest BCUT2D eigenvalue weighted by atomic mass is 10.2. The van der Waals surface area contributed by atoms with E-state index in [9.17, 15) is 0 Å². The second-order valence-corrected chi connectivity index (χ2v) is 4.42. The number of halogens is 1. The summed E-state index contributed by atoms with van der Waals surface area (Å²) in [6.07, 6.45) is 0.302. The van der Waals surface area contributed by atoms with Gasteiger partial charge in [0.15, 0.2) is 5.82 Å². The van der Waals surface area contributed by atoms with Gasteiger partial charge in [-0.25, -0.2) is 0 Å². The molecule has 0 bridgehead atoms. The predicted octanol–water partition coefficient (Wildman–Crippen LogP) is 0.0382. The second kappa shape index (κ2) is 5.07. The van der Waals surface area contributed by atoms with Crippen molar-refractivity contribution in [1.82, 2.24) is 25.1 Å². The summed E-state index contributed by atoms with van der Waals surface area (Å²) in [5.41, 5.74) is 0. The third-order valence-corrected chi connectivity index (χ3v) is 2.83. The first-order chi connectivity index (χ1) is 7.67. The number of hydrogen-bond acceptors (Lipinski definition) is 5. The van der Waals surface area contributed by atoms with E-state index in [1.165, 1.54) is 4.80 Å². The molecule has 2 heterocycles. The quantitative estimate of drug-likeness (QED) is 0.704. The van der Waals surface area contributed by atoms with Crippen molar-refractivity contribution in [2.45, 2.75) is 25.7 Å². The van der Waals surface area contributed by atoms with Gasteiger partial charge < -0.3 is 4.74 Å². The molecule has 0 aromatic carbocycles. The smallest absolute Gasteiger partial charge is 0.188 e. The molecule has 90 valence electrons. The van der Waals surface area contributed by atoms with Gasteiger partial charge in [-0.15, -0.1) is 21.8 Å². The van der Waals surface area contributed by atoms with Crippen molar-refractivity contribution in [2.24, 2.45) is 7.05 Å². The van der Waals surface area contributed by atoms with Gasteiger partial charge in [0.05, 0.1) is 25.8 Å². The van der Waals surface area contributed by atoms with Crippen LogP contribution in [-0.2, 0) is 18.3 Å². The molecule has 2 unspecified atom stereocenters. The van der Waals surface area contributed by atoms with E-state index < -0.39 is 0 Å². The van der Waals surface area contributed by atoms with Crippen LogP contribution in [0.5, 0.6) is 0 Å². The summed E-state index contributed by atoms with van der Waals surface area (Å²) in [6, 6.07) is 0. The molecular weight excluding hydrogens is 230 g/mol. The van der Waals surface area contributed by atoms with E-state index >= 15 is 0 Å². The SMILES string of the molecule is CC1CN(Cc2nnn(C)n2)CC(CCl)O1. The Bertz CT molecular complexity index is 344. The molecule has 16 heavy (non-hydrogen) atoms. The van der Waals surface area contributed by atoms with Crippen molar-refractivity contribution in [3.63, 3.8) is 0 Å². The first kappa shape index (κ1) is 11.8. The molecule has 2 rings (SSSR count). The van der Waals surface area contributed by atoms with Crippen molar-refractivity contribution >= 4 is 11.6 Å². The van der Waals surface area contributed by atoms with Gasteiger partial charge in [-0.1, -0.05) is 0 Å². The van der Waals surface area contributed by atoms with Gasteiger partial charge >= 0.3 is 0 Å². The third-order valence-electron chi connectivity index (χ3n) is 2.49. The first-order valence-corrected chi connectivity index (χ1v) is 5.87. The van der Waals surface area contributed by atoms with E-state index in [2.05, 4.69) is 27.2 Å². The van der Waals surface area contributed by atoms with Gasteiger partial charge in [0.2, 0.25) is 0 Å². The molecule has 1 fully saturated rings. The largest absolute Gasteiger partial charge is 0.371 e. The Morgan fingerprint density at radius 3 is 2.94 bits per heavy atom. The fourth-order valence-electron chi connectivity index (χ4n) is 1.94. The van der Waals surface area contributed by atoms with Crippen LogP contribution in [0.2, 0.25) is 0 Å². The normalized spacial score (nSPS) is 27.2. The van der Waals surface area contributed by atoms with Crippen molar-refractivity contribution in [3.05, 3.63) is 5.82 Å². The maximum absolute atomic E-state index is 5.82. The number of hydrogen-bond donors (Lipinski definition) is 0. The Labute approximate surface area is 99.5 Å². The van der Waals surface area contributed by atoms with E-state index in [4.69, 9.17) is 16.3 Å². The second-order valence-electron chi connectivity index (χ2n) is 4.11. The van der Waals surface area contributed by atoms with Crippen LogP contribution in [0.15, 0.2) is 0 Å². The van der Waals surface area contributed by atoms with Crippen molar-refractivity contribution < 1.29 is 4.74 Å². The van der Waals surface area contributed by atoms with Crippen LogP contribution in [0.1, 0.15) is 12.7 Å². The Hall–Kier alpha value is -0.720. The summed E-state index contributed by atoms with van der Waals surface area (Å²) in [4.78, 5) is 3.72. The fourth-order valence-corrected chi connectivity index (χ4v) is 2.11. The van der Waals surface area contributed by atoms with E-state index in [1.807, 2.05) is 0 Å². The highest BCUT2D eigenvalue weighted by molar-refractivity contribution is 6.18. The summed E-state index contributed by atoms with van der Waals surface area (Å²) >= 11 is 5.82. The van der Waals surface area contributed by atoms with Gasteiger partial charge in [0.1, 0.15) is 0 Å². The molecule has 1 saturated heterocycles. The number of alkyl halides is 1. The van der Waals surface area contributed by atoms with Gasteiger partial charge in [-0.2, -0.15) is 4.80 Å². The number of aryl methyl sites for hydroxylation is 1. The molecule has 0 radical (unpaired) electrons. The first-order valence-electron chi connectivity index (χ1n) is 5.34. The summed E-state index contributed by atoms with van der Waals surface area (Å²) in [6.45, 7) is 4.46. The van der Waals surface area contributed by atoms with Crippen LogP contribution >= 0.6 is 11.6 Å². The van der Waals surface area contributed by atoms with E-state index in [-0.39, 0.29) is 12.2 Å². The molecule has 1 aliphatic rings. The summed E-state index contributed by atoms with van der Waals surface area (Å²) < 4.78 is 5.67. The number of rotatable bonds is 3. The van der Waals surface area contributed by atoms with Gasteiger partial charge in [0, 0.05) is 19.0 Å². The van der Waals surface area contributed by atoms with Crippen LogP contribution < -0.4 is 0 Å². The van der Waals surface area contributed by atoms with E-state index in [0.717, 1.165) is 18.9 Å². The maximum atomic E-state index is 5.82. The molecule has 1 aromatic heterocycles. The lowest BCUT2D eigenvalue weighted by molar-refractivity contribution is -0.0695. The zero-order chi connectivity index (χ0) is 11.5. The van der Waals surface area contributed by atoms with Gasteiger partial charge in [-0.3, -0.25) is 4.90 Å². The summed E-state index contributed by atoms with van der Waals surface area (Å²) in [5, 5.41) is 11.9. The van der Waals surface area contributed by atoms with Crippen molar-refractivity contribution in [1.29, 1.82) is 0 Å². The zero-order valence-corrected chi connectivity index (χ0v) is 10.3. The molecule has 6 nitrogen and oxygen atoms in total. The third kappa shape index (κ3) is 2.90. The molecule has 2 atom stereocenters. The highest BCUT2D eigenvalue weighted by atomic mass is 35.5. The standard InChI is InChI=1S/C9H16ClN5O/c1-7-4-15(5-8(3-10)16-7)6-9-11-13-14(2)12-9/h7-8H,3-6H2,1-2H3. The van der Waals surface area contributed by atoms with Crippen molar-refractivity contribution in [2.75, 3.05) is 19.0 Å². The number of morpholine rings is 1. The molecule has 0 amide bonds. The van der Waals surface area contributed by atoms with Crippen LogP contribution in [0.25, 0.3) is 0 Å². The monoisotopic (exact) mass is 245 g/mol. The Balaban J connectivity index is 1.93. The predicted molar refractivity (Wildman–Crippen MR) is 59.1 cm³/mol. The van der Waals surface area contributed by atoms with Gasteiger partial charge in [0.25, 0.3) is 0 Å². The number of tetrazole rings is 1. The Morgan fingerprint density at radius 1 is 1.50 bits per heavy atom. The molecule has 1 aliphatic heterocycles. The minimum Gasteiger partial charge on any atom is -0.371 e. The number of nitrogens with zero attached hydrogens (tertiary/aromatic N) is 5. The minimum atomic E-state index is 0.0992. The Kier molecular flexibility index (Phi) is 3.73. The van der Waals surface area contributed by atoms with E-state index in [0.29, 0.717) is 12.4 Å². The van der Waals surface area contributed by atoms with Crippen LogP contribution in [0, 0.1) is 0 Å². The average molecular weight is 246 g/mol. The number of ether oxygens (including phenoxy) is 1. The molecule has 0 saturated carbocycles.